The number of carbonyl (C=O) groups excluding carboxylic acids is 1. The van der Waals surface area contributed by atoms with Gasteiger partial charge < -0.3 is 15.4 Å². The second-order valence-corrected chi connectivity index (χ2v) is 6.78. The predicted molar refractivity (Wildman–Crippen MR) is 75.4 cm³/mol. The van der Waals surface area contributed by atoms with Crippen LogP contribution >= 0.6 is 0 Å². The van der Waals surface area contributed by atoms with Crippen molar-refractivity contribution in [3.8, 4) is 5.75 Å². The lowest BCUT2D eigenvalue weighted by Gasteiger charge is -2.19. The molecule has 0 aromatic heterocycles. The minimum Gasteiger partial charge on any atom is -0.481 e. The molecule has 1 aromatic rings. The Morgan fingerprint density at radius 1 is 1.48 bits per heavy atom. The average Bonchev–Trinajstić information content (AvgIpc) is 2.36. The highest BCUT2D eigenvalue weighted by molar-refractivity contribution is 7.90. The number of amides is 1. The van der Waals surface area contributed by atoms with Crippen LogP contribution in [0, 0.1) is 10.1 Å². The largest absolute Gasteiger partial charge is 0.481 e. The summed E-state index contributed by atoms with van der Waals surface area (Å²) >= 11 is 0. The van der Waals surface area contributed by atoms with Crippen molar-refractivity contribution >= 4 is 32.8 Å². The molecule has 0 fully saturated rings. The SMILES string of the molecule is CS(=O)(=O)CCNc1cc2c(cc1[N+](=O)[O-])OCC(=O)N2. The van der Waals surface area contributed by atoms with Crippen LogP contribution in [0.3, 0.4) is 0 Å². The first-order valence-corrected chi connectivity index (χ1v) is 7.99. The van der Waals surface area contributed by atoms with Gasteiger partial charge in [0.15, 0.2) is 12.4 Å². The number of nitro benzene ring substituents is 1. The molecule has 0 saturated heterocycles. The first kappa shape index (κ1) is 15.0. The highest BCUT2D eigenvalue weighted by Crippen LogP contribution is 2.37. The molecule has 1 aliphatic rings. The van der Waals surface area contributed by atoms with Gasteiger partial charge in [-0.2, -0.15) is 0 Å². The summed E-state index contributed by atoms with van der Waals surface area (Å²) in [5.41, 5.74) is 0.172. The van der Waals surface area contributed by atoms with Crippen molar-refractivity contribution in [1.82, 2.24) is 0 Å². The summed E-state index contributed by atoms with van der Waals surface area (Å²) in [7, 11) is -3.18. The lowest BCUT2D eigenvalue weighted by atomic mass is 10.2. The topological polar surface area (TPSA) is 128 Å². The molecule has 0 saturated carbocycles. The van der Waals surface area contributed by atoms with E-state index in [0.29, 0.717) is 5.69 Å². The minimum absolute atomic E-state index is 0.0211. The number of sulfone groups is 1. The molecule has 1 aromatic carbocycles. The Hall–Kier alpha value is -2.36. The maximum absolute atomic E-state index is 11.2. The normalized spacial score (nSPS) is 13.9. The lowest BCUT2D eigenvalue weighted by Crippen LogP contribution is -2.25. The molecular formula is C11H13N3O6S. The smallest absolute Gasteiger partial charge is 0.296 e. The van der Waals surface area contributed by atoms with E-state index >= 15 is 0 Å². The van der Waals surface area contributed by atoms with Crippen molar-refractivity contribution < 1.29 is 22.9 Å². The third-order valence-electron chi connectivity index (χ3n) is 2.72. The van der Waals surface area contributed by atoms with Gasteiger partial charge in [0, 0.05) is 12.8 Å². The first-order valence-electron chi connectivity index (χ1n) is 5.93. The van der Waals surface area contributed by atoms with E-state index in [-0.39, 0.29) is 41.9 Å². The molecule has 21 heavy (non-hydrogen) atoms. The molecule has 0 atom stereocenters. The van der Waals surface area contributed by atoms with E-state index in [1.54, 1.807) is 0 Å². The van der Waals surface area contributed by atoms with E-state index in [0.717, 1.165) is 6.26 Å². The fraction of sp³-hybridized carbons (Fsp3) is 0.364. The van der Waals surface area contributed by atoms with Gasteiger partial charge in [-0.15, -0.1) is 0 Å². The van der Waals surface area contributed by atoms with E-state index in [9.17, 15) is 23.3 Å². The Bertz CT molecular complexity index is 700. The number of nitrogens with zero attached hydrogens (tertiary/aromatic N) is 1. The Morgan fingerprint density at radius 3 is 2.81 bits per heavy atom. The molecule has 1 aliphatic heterocycles. The van der Waals surface area contributed by atoms with Crippen molar-refractivity contribution in [2.75, 3.05) is 35.8 Å². The minimum atomic E-state index is -3.18. The number of ether oxygens (including phenoxy) is 1. The quantitative estimate of drug-likeness (QED) is 0.594. The van der Waals surface area contributed by atoms with Gasteiger partial charge in [-0.25, -0.2) is 8.42 Å². The van der Waals surface area contributed by atoms with Crippen molar-refractivity contribution in [3.05, 3.63) is 22.2 Å². The van der Waals surface area contributed by atoms with Gasteiger partial charge in [0.25, 0.3) is 11.6 Å². The number of benzene rings is 1. The lowest BCUT2D eigenvalue weighted by molar-refractivity contribution is -0.384. The van der Waals surface area contributed by atoms with Crippen LogP contribution in [0.4, 0.5) is 17.1 Å². The second-order valence-electron chi connectivity index (χ2n) is 4.52. The number of nitrogens with one attached hydrogen (secondary N) is 2. The number of anilines is 2. The van der Waals surface area contributed by atoms with Gasteiger partial charge >= 0.3 is 0 Å². The zero-order valence-corrected chi connectivity index (χ0v) is 11.9. The van der Waals surface area contributed by atoms with Gasteiger partial charge in [0.05, 0.1) is 22.4 Å². The maximum Gasteiger partial charge on any atom is 0.296 e. The summed E-state index contributed by atoms with van der Waals surface area (Å²) in [6, 6.07) is 2.55. The summed E-state index contributed by atoms with van der Waals surface area (Å²) in [5.74, 6) is -0.321. The fourth-order valence-corrected chi connectivity index (χ4v) is 2.25. The second kappa shape index (κ2) is 5.56. The van der Waals surface area contributed by atoms with Crippen LogP contribution in [0.1, 0.15) is 0 Å². The van der Waals surface area contributed by atoms with Gasteiger partial charge in [-0.05, 0) is 6.07 Å². The standard InChI is InChI=1S/C11H13N3O6S/c1-21(18,19)3-2-12-7-4-8-10(5-9(7)14(16)17)20-6-11(15)13-8/h4-5,12H,2-3,6H2,1H3,(H,13,15). The number of fused-ring (bicyclic) bond motifs is 1. The molecule has 0 unspecified atom stereocenters. The zero-order valence-electron chi connectivity index (χ0n) is 11.1. The predicted octanol–water partition coefficient (Wildman–Crippen LogP) is 0.382. The van der Waals surface area contributed by atoms with Crippen molar-refractivity contribution in [3.63, 3.8) is 0 Å². The van der Waals surface area contributed by atoms with E-state index in [1.165, 1.54) is 12.1 Å². The first-order chi connectivity index (χ1) is 9.76. The molecule has 2 rings (SSSR count). The maximum atomic E-state index is 11.2. The van der Waals surface area contributed by atoms with Crippen LogP contribution in [0.15, 0.2) is 12.1 Å². The van der Waals surface area contributed by atoms with Crippen LogP contribution < -0.4 is 15.4 Å². The molecule has 1 amide bonds. The number of nitro groups is 1. The van der Waals surface area contributed by atoms with E-state index in [2.05, 4.69) is 10.6 Å². The number of rotatable bonds is 5. The molecular weight excluding hydrogens is 302 g/mol. The third kappa shape index (κ3) is 3.81. The Morgan fingerprint density at radius 2 is 2.19 bits per heavy atom. The van der Waals surface area contributed by atoms with Gasteiger partial charge in [-0.3, -0.25) is 14.9 Å². The summed E-state index contributed by atoms with van der Waals surface area (Å²) in [6.45, 7) is -0.182. The number of carbonyl (C=O) groups is 1. The summed E-state index contributed by atoms with van der Waals surface area (Å²) < 4.78 is 27.2. The Labute approximate surface area is 120 Å². The van der Waals surface area contributed by atoms with Crippen molar-refractivity contribution in [2.45, 2.75) is 0 Å². The Kier molecular flexibility index (Phi) is 3.98. The Balaban J connectivity index is 2.28. The van der Waals surface area contributed by atoms with E-state index < -0.39 is 14.8 Å². The highest BCUT2D eigenvalue weighted by atomic mass is 32.2. The van der Waals surface area contributed by atoms with Gasteiger partial charge in [-0.1, -0.05) is 0 Å². The van der Waals surface area contributed by atoms with Gasteiger partial charge in [0.2, 0.25) is 0 Å². The fourth-order valence-electron chi connectivity index (χ4n) is 1.78. The summed E-state index contributed by atoms with van der Waals surface area (Å²) in [4.78, 5) is 21.7. The molecule has 0 spiro atoms. The molecule has 10 heteroatoms. The van der Waals surface area contributed by atoms with Crippen molar-refractivity contribution in [2.24, 2.45) is 0 Å². The molecule has 0 aliphatic carbocycles. The van der Waals surface area contributed by atoms with Crippen LogP contribution in [-0.2, 0) is 14.6 Å². The zero-order chi connectivity index (χ0) is 15.6. The van der Waals surface area contributed by atoms with Gasteiger partial charge in [0.1, 0.15) is 15.5 Å². The number of hydrogen-bond acceptors (Lipinski definition) is 7. The summed E-state index contributed by atoms with van der Waals surface area (Å²) in [5, 5.41) is 16.3. The molecule has 0 bridgehead atoms. The average molecular weight is 315 g/mol. The molecule has 2 N–H and O–H groups in total. The van der Waals surface area contributed by atoms with Crippen LogP contribution in [0.2, 0.25) is 0 Å². The molecule has 9 nitrogen and oxygen atoms in total. The van der Waals surface area contributed by atoms with E-state index in [1.807, 2.05) is 0 Å². The van der Waals surface area contributed by atoms with Crippen LogP contribution in [0.25, 0.3) is 0 Å². The third-order valence-corrected chi connectivity index (χ3v) is 3.66. The van der Waals surface area contributed by atoms with Crippen LogP contribution in [-0.4, -0.2) is 44.4 Å². The molecule has 114 valence electrons. The monoisotopic (exact) mass is 315 g/mol. The van der Waals surface area contributed by atoms with Crippen molar-refractivity contribution in [1.29, 1.82) is 0 Å². The van der Waals surface area contributed by atoms with E-state index in [4.69, 9.17) is 4.74 Å². The molecule has 1 heterocycles. The summed E-state index contributed by atoms with van der Waals surface area (Å²) in [6.07, 6.45) is 1.07. The highest BCUT2D eigenvalue weighted by Gasteiger charge is 2.23. The molecule has 0 radical (unpaired) electrons. The number of hydrogen-bond donors (Lipinski definition) is 2. The van der Waals surface area contributed by atoms with Crippen LogP contribution in [0.5, 0.6) is 5.75 Å².